The van der Waals surface area contributed by atoms with Crippen LogP contribution in [-0.4, -0.2) is 48.5 Å². The van der Waals surface area contributed by atoms with Gasteiger partial charge >= 0.3 is 12.0 Å². The van der Waals surface area contributed by atoms with Crippen LogP contribution in [0.5, 0.6) is 0 Å². The molecule has 0 saturated heterocycles. The van der Waals surface area contributed by atoms with Crippen molar-refractivity contribution in [2.45, 2.75) is 31.3 Å². The quantitative estimate of drug-likeness (QED) is 0.599. The molecule has 0 fully saturated rings. The number of carbonyl (C=O) groups excluding carboxylic acids is 2. The van der Waals surface area contributed by atoms with Crippen molar-refractivity contribution in [3.8, 4) is 0 Å². The van der Waals surface area contributed by atoms with Crippen LogP contribution >= 0.6 is 0 Å². The molecule has 8 nitrogen and oxygen atoms in total. The van der Waals surface area contributed by atoms with E-state index in [1.807, 2.05) is 5.32 Å². The second-order valence-corrected chi connectivity index (χ2v) is 6.15. The van der Waals surface area contributed by atoms with Crippen molar-refractivity contribution in [2.75, 3.05) is 6.54 Å². The van der Waals surface area contributed by atoms with Gasteiger partial charge in [0, 0.05) is 6.54 Å². The van der Waals surface area contributed by atoms with Crippen LogP contribution in [0.2, 0.25) is 0 Å². The predicted octanol–water partition coefficient (Wildman–Crippen LogP) is -0.891. The lowest BCUT2D eigenvalue weighted by Crippen LogP contribution is -2.48. The number of rotatable bonds is 5. The van der Waals surface area contributed by atoms with Crippen molar-refractivity contribution in [2.24, 2.45) is 0 Å². The van der Waals surface area contributed by atoms with Gasteiger partial charge in [0.15, 0.2) is 15.1 Å². The van der Waals surface area contributed by atoms with E-state index >= 15 is 0 Å². The van der Waals surface area contributed by atoms with E-state index in [0.29, 0.717) is 0 Å². The highest BCUT2D eigenvalue weighted by Gasteiger charge is 2.37. The number of hydrogen-bond acceptors (Lipinski definition) is 5. The zero-order valence-electron chi connectivity index (χ0n) is 10.3. The topological polar surface area (TPSA) is 130 Å². The Labute approximate surface area is 105 Å². The van der Waals surface area contributed by atoms with Gasteiger partial charge < -0.3 is 10.4 Å². The van der Waals surface area contributed by atoms with Crippen LogP contribution in [0.1, 0.15) is 20.8 Å². The van der Waals surface area contributed by atoms with Crippen LogP contribution in [0.25, 0.3) is 0 Å². The number of carboxylic acid groups (broad SMARTS) is 1. The molecule has 104 valence electrons. The molecular weight excluding hydrogens is 264 g/mol. The minimum Gasteiger partial charge on any atom is -0.480 e. The number of carboxylic acids is 1. The molecule has 0 radical (unpaired) electrons. The number of carbonyl (C=O) groups is 3. The van der Waals surface area contributed by atoms with Crippen molar-refractivity contribution in [1.29, 1.82) is 0 Å². The molecule has 0 aliphatic rings. The monoisotopic (exact) mass is 280 g/mol. The van der Waals surface area contributed by atoms with Crippen LogP contribution in [0, 0.1) is 0 Å². The Kier molecular flexibility index (Phi) is 5.76. The minimum atomic E-state index is -4.19. The summed E-state index contributed by atoms with van der Waals surface area (Å²) in [6, 6.07) is -0.826. The molecule has 0 aliphatic carbocycles. The van der Waals surface area contributed by atoms with Gasteiger partial charge in [-0.05, 0) is 20.8 Å². The first-order chi connectivity index (χ1) is 8.14. The molecule has 0 aromatic carbocycles. The standard InChI is InChI=1S/C9H16N2O6S/c1-4-10-9(15)11-7(12)5(2)18(16,17)6(3)8(13)14/h5-6H,4H2,1-3H3,(H,13,14)(H2,10,11,12,15). The summed E-state index contributed by atoms with van der Waals surface area (Å²) in [6.07, 6.45) is 0. The third kappa shape index (κ3) is 3.99. The van der Waals surface area contributed by atoms with E-state index in [1.54, 1.807) is 6.92 Å². The number of sulfone groups is 1. The van der Waals surface area contributed by atoms with Crippen LogP contribution in [0.4, 0.5) is 4.79 Å². The van der Waals surface area contributed by atoms with E-state index in [9.17, 15) is 22.8 Å². The zero-order valence-corrected chi connectivity index (χ0v) is 11.1. The van der Waals surface area contributed by atoms with Gasteiger partial charge in [-0.15, -0.1) is 0 Å². The molecule has 0 rings (SSSR count). The summed E-state index contributed by atoms with van der Waals surface area (Å²) in [5.74, 6) is -2.61. The maximum atomic E-state index is 11.7. The van der Waals surface area contributed by atoms with Crippen LogP contribution in [0.15, 0.2) is 0 Å². The Morgan fingerprint density at radius 3 is 2.06 bits per heavy atom. The smallest absolute Gasteiger partial charge is 0.321 e. The molecule has 0 spiro atoms. The van der Waals surface area contributed by atoms with Crippen LogP contribution < -0.4 is 10.6 Å². The summed E-state index contributed by atoms with van der Waals surface area (Å²) in [5.41, 5.74) is 0. The Morgan fingerprint density at radius 1 is 1.17 bits per heavy atom. The highest BCUT2D eigenvalue weighted by Crippen LogP contribution is 2.10. The number of imide groups is 1. The lowest BCUT2D eigenvalue weighted by Gasteiger charge is -2.15. The fourth-order valence-electron chi connectivity index (χ4n) is 1.01. The third-order valence-corrected chi connectivity index (χ3v) is 4.66. The summed E-state index contributed by atoms with van der Waals surface area (Å²) >= 11 is 0. The first-order valence-electron chi connectivity index (χ1n) is 5.18. The fraction of sp³-hybridized carbons (Fsp3) is 0.667. The highest BCUT2D eigenvalue weighted by atomic mass is 32.2. The van der Waals surface area contributed by atoms with Gasteiger partial charge in [0.1, 0.15) is 5.25 Å². The molecule has 0 aliphatic heterocycles. The maximum absolute atomic E-state index is 11.7. The summed E-state index contributed by atoms with van der Waals surface area (Å²) < 4.78 is 23.4. The normalized spacial score (nSPS) is 14.4. The Hall–Kier alpha value is -1.64. The van der Waals surface area contributed by atoms with Crippen molar-refractivity contribution in [3.63, 3.8) is 0 Å². The molecule has 0 saturated carbocycles. The third-order valence-electron chi connectivity index (χ3n) is 2.28. The number of amides is 3. The fourth-order valence-corrected chi connectivity index (χ4v) is 2.26. The average Bonchev–Trinajstić information content (AvgIpc) is 2.26. The van der Waals surface area contributed by atoms with Crippen molar-refractivity contribution in [3.05, 3.63) is 0 Å². The van der Waals surface area contributed by atoms with Crippen molar-refractivity contribution >= 4 is 27.7 Å². The van der Waals surface area contributed by atoms with Gasteiger partial charge in [0.05, 0.1) is 0 Å². The summed E-state index contributed by atoms with van der Waals surface area (Å²) in [7, 11) is -4.19. The molecule has 2 atom stereocenters. The van der Waals surface area contributed by atoms with Gasteiger partial charge in [-0.3, -0.25) is 14.9 Å². The Morgan fingerprint density at radius 2 is 1.67 bits per heavy atom. The minimum absolute atomic E-state index is 0.270. The maximum Gasteiger partial charge on any atom is 0.321 e. The Balaban J connectivity index is 4.84. The number of aliphatic carboxylic acids is 1. The molecule has 18 heavy (non-hydrogen) atoms. The van der Waals surface area contributed by atoms with Crippen molar-refractivity contribution < 1.29 is 27.9 Å². The van der Waals surface area contributed by atoms with E-state index < -0.39 is 38.2 Å². The first-order valence-corrected chi connectivity index (χ1v) is 6.79. The van der Waals surface area contributed by atoms with Crippen LogP contribution in [0.3, 0.4) is 0 Å². The molecule has 9 heteroatoms. The number of urea groups is 1. The molecule has 0 heterocycles. The zero-order chi connectivity index (χ0) is 14.5. The lowest BCUT2D eigenvalue weighted by atomic mass is 10.4. The Bertz CT molecular complexity index is 444. The molecule has 0 aromatic heterocycles. The van der Waals surface area contributed by atoms with E-state index in [2.05, 4.69) is 5.32 Å². The van der Waals surface area contributed by atoms with Gasteiger partial charge in [-0.25, -0.2) is 13.2 Å². The molecular formula is C9H16N2O6S. The first kappa shape index (κ1) is 16.4. The molecule has 2 unspecified atom stereocenters. The van der Waals surface area contributed by atoms with E-state index in [-0.39, 0.29) is 6.54 Å². The van der Waals surface area contributed by atoms with Gasteiger partial charge in [-0.2, -0.15) is 0 Å². The average molecular weight is 280 g/mol. The molecule has 3 N–H and O–H groups in total. The van der Waals surface area contributed by atoms with Gasteiger partial charge in [-0.1, -0.05) is 0 Å². The van der Waals surface area contributed by atoms with Gasteiger partial charge in [0.25, 0.3) is 0 Å². The van der Waals surface area contributed by atoms with E-state index in [4.69, 9.17) is 5.11 Å². The molecule has 3 amide bonds. The largest absolute Gasteiger partial charge is 0.480 e. The summed E-state index contributed by atoms with van der Waals surface area (Å²) in [5, 5.41) is 9.36. The number of hydrogen-bond donors (Lipinski definition) is 3. The lowest BCUT2D eigenvalue weighted by molar-refractivity contribution is -0.136. The van der Waals surface area contributed by atoms with Gasteiger partial charge in [0.2, 0.25) is 5.91 Å². The van der Waals surface area contributed by atoms with E-state index in [0.717, 1.165) is 13.8 Å². The second-order valence-electron chi connectivity index (χ2n) is 3.56. The predicted molar refractivity (Wildman–Crippen MR) is 62.7 cm³/mol. The van der Waals surface area contributed by atoms with E-state index in [1.165, 1.54) is 0 Å². The highest BCUT2D eigenvalue weighted by molar-refractivity contribution is 7.94. The number of nitrogens with one attached hydrogen (secondary N) is 2. The molecule has 0 bridgehead atoms. The van der Waals surface area contributed by atoms with Crippen LogP contribution in [-0.2, 0) is 19.4 Å². The second kappa shape index (κ2) is 6.34. The summed E-state index contributed by atoms with van der Waals surface area (Å²) in [6.45, 7) is 3.89. The van der Waals surface area contributed by atoms with Crippen molar-refractivity contribution in [1.82, 2.24) is 10.6 Å². The SMILES string of the molecule is CCNC(=O)NC(=O)C(C)S(=O)(=O)C(C)C(=O)O. The molecule has 0 aromatic rings. The summed E-state index contributed by atoms with van der Waals surface area (Å²) in [4.78, 5) is 33.1.